The van der Waals surface area contributed by atoms with Crippen molar-refractivity contribution < 1.29 is 13.2 Å². The predicted octanol–water partition coefficient (Wildman–Crippen LogP) is 6.53. The second-order valence-corrected chi connectivity index (χ2v) is 10.2. The highest BCUT2D eigenvalue weighted by molar-refractivity contribution is 7.90. The van der Waals surface area contributed by atoms with Crippen LogP contribution in [-0.4, -0.2) is 33.4 Å². The summed E-state index contributed by atoms with van der Waals surface area (Å²) in [5, 5.41) is 9.36. The third-order valence-corrected chi connectivity index (χ3v) is 6.63. The lowest BCUT2D eigenvalue weighted by molar-refractivity contribution is -0.119. The van der Waals surface area contributed by atoms with Crippen LogP contribution in [0.4, 0.5) is 5.69 Å². The average Bonchev–Trinajstić information content (AvgIpc) is 2.75. The number of nitrogens with one attached hydrogen (secondary N) is 1. The Balaban J connectivity index is 2.14. The third kappa shape index (κ3) is 13.5. The van der Waals surface area contributed by atoms with Crippen LogP contribution in [0.15, 0.2) is 39.5 Å². The summed E-state index contributed by atoms with van der Waals surface area (Å²) in [6.07, 6.45) is 16.2. The van der Waals surface area contributed by atoms with Crippen molar-refractivity contribution >= 4 is 21.6 Å². The first kappa shape index (κ1) is 28.1. The molecule has 1 aromatic carbocycles. The lowest BCUT2D eigenvalue weighted by Crippen LogP contribution is -2.30. The van der Waals surface area contributed by atoms with E-state index in [0.29, 0.717) is 12.1 Å². The molecule has 0 aromatic heterocycles. The van der Waals surface area contributed by atoms with E-state index in [1.807, 2.05) is 0 Å². The summed E-state index contributed by atoms with van der Waals surface area (Å²) in [7, 11) is -0.367. The fourth-order valence-electron chi connectivity index (χ4n) is 3.40. The molecule has 0 atom stereocenters. The molecule has 0 heterocycles. The van der Waals surface area contributed by atoms with Crippen molar-refractivity contribution in [2.45, 2.75) is 102 Å². The number of carbonyl (C=O) groups excluding carboxylic acids is 1. The minimum absolute atomic E-state index is 0.0417. The Bertz CT molecular complexity index is 762. The maximum Gasteiger partial charge on any atom is 0.264 e. The van der Waals surface area contributed by atoms with Crippen LogP contribution < -0.4 is 4.72 Å². The van der Waals surface area contributed by atoms with E-state index in [1.54, 1.807) is 31.2 Å². The highest BCUT2D eigenvalue weighted by Gasteiger charge is 2.17. The van der Waals surface area contributed by atoms with Crippen molar-refractivity contribution in [2.24, 2.45) is 10.3 Å². The summed E-state index contributed by atoms with van der Waals surface area (Å²) in [6.45, 7) is 2.25. The standard InChI is InChI=1S/C24H42N4O3S/c1-4-5-6-7-8-9-10-11-12-13-14-15-16-17-24(29)26-32(30,31)23-20-18-22(19-21-23)25-27-28(2)3/h18-21H,4-17H2,1-3H3,(H,26,29). The van der Waals surface area contributed by atoms with Crippen LogP contribution in [0.25, 0.3) is 0 Å². The van der Waals surface area contributed by atoms with Crippen molar-refractivity contribution in [3.05, 3.63) is 24.3 Å². The molecule has 8 heteroatoms. The normalized spacial score (nSPS) is 11.7. The SMILES string of the molecule is CCCCCCCCCCCCCCCC(=O)NS(=O)(=O)c1ccc(N=NN(C)C)cc1. The van der Waals surface area contributed by atoms with Crippen molar-refractivity contribution in [1.29, 1.82) is 0 Å². The van der Waals surface area contributed by atoms with E-state index in [1.165, 1.54) is 76.3 Å². The van der Waals surface area contributed by atoms with Gasteiger partial charge in [0.05, 0.1) is 10.6 Å². The highest BCUT2D eigenvalue weighted by atomic mass is 32.2. The Kier molecular flexibility index (Phi) is 14.6. The Morgan fingerprint density at radius 3 is 1.75 bits per heavy atom. The van der Waals surface area contributed by atoms with Crippen LogP contribution in [0.2, 0.25) is 0 Å². The topological polar surface area (TPSA) is 91.2 Å². The third-order valence-electron chi connectivity index (χ3n) is 5.24. The van der Waals surface area contributed by atoms with Crippen LogP contribution in [0.3, 0.4) is 0 Å². The molecule has 0 radical (unpaired) electrons. The zero-order valence-corrected chi connectivity index (χ0v) is 21.0. The zero-order valence-electron chi connectivity index (χ0n) is 20.2. The van der Waals surface area contributed by atoms with Crippen LogP contribution >= 0.6 is 0 Å². The van der Waals surface area contributed by atoms with Gasteiger partial charge in [0, 0.05) is 20.5 Å². The average molecular weight is 467 g/mol. The van der Waals surface area contributed by atoms with E-state index >= 15 is 0 Å². The maximum absolute atomic E-state index is 12.4. The number of unbranched alkanes of at least 4 members (excludes halogenated alkanes) is 12. The molecule has 0 aliphatic rings. The summed E-state index contributed by atoms with van der Waals surface area (Å²) in [5.41, 5.74) is 0.538. The smallest absolute Gasteiger partial charge is 0.264 e. The first-order valence-corrected chi connectivity index (χ1v) is 13.6. The van der Waals surface area contributed by atoms with Gasteiger partial charge in [-0.05, 0) is 30.7 Å². The van der Waals surface area contributed by atoms with Gasteiger partial charge in [-0.2, -0.15) is 0 Å². The van der Waals surface area contributed by atoms with Crippen LogP contribution in [0.5, 0.6) is 0 Å². The molecule has 0 fully saturated rings. The largest absolute Gasteiger partial charge is 0.285 e. The lowest BCUT2D eigenvalue weighted by atomic mass is 10.0. The fraction of sp³-hybridized carbons (Fsp3) is 0.708. The number of benzene rings is 1. The molecule has 0 spiro atoms. The zero-order chi connectivity index (χ0) is 23.7. The number of nitrogens with zero attached hydrogens (tertiary/aromatic N) is 3. The minimum atomic E-state index is -3.86. The molecule has 1 N–H and O–H groups in total. The number of hydrogen-bond donors (Lipinski definition) is 1. The molecular formula is C24H42N4O3S. The Morgan fingerprint density at radius 2 is 1.28 bits per heavy atom. The van der Waals surface area contributed by atoms with Gasteiger partial charge >= 0.3 is 0 Å². The molecule has 0 bridgehead atoms. The van der Waals surface area contributed by atoms with Gasteiger partial charge in [-0.15, -0.1) is 5.11 Å². The van der Waals surface area contributed by atoms with E-state index in [9.17, 15) is 13.2 Å². The number of sulfonamides is 1. The highest BCUT2D eigenvalue weighted by Crippen LogP contribution is 2.17. The van der Waals surface area contributed by atoms with Gasteiger partial charge < -0.3 is 0 Å². The molecule has 0 saturated carbocycles. The molecule has 0 unspecified atom stereocenters. The quantitative estimate of drug-likeness (QED) is 0.151. The molecule has 1 amide bonds. The first-order valence-electron chi connectivity index (χ1n) is 12.1. The van der Waals surface area contributed by atoms with Gasteiger partial charge in [0.15, 0.2) is 0 Å². The van der Waals surface area contributed by atoms with Crippen LogP contribution in [0, 0.1) is 0 Å². The Morgan fingerprint density at radius 1 is 0.812 bits per heavy atom. The van der Waals surface area contributed by atoms with E-state index in [0.717, 1.165) is 12.8 Å². The van der Waals surface area contributed by atoms with Gasteiger partial charge in [0.25, 0.3) is 10.0 Å². The lowest BCUT2D eigenvalue weighted by Gasteiger charge is -2.07. The molecule has 7 nitrogen and oxygen atoms in total. The summed E-state index contributed by atoms with van der Waals surface area (Å²) >= 11 is 0. The van der Waals surface area contributed by atoms with Crippen LogP contribution in [-0.2, 0) is 14.8 Å². The van der Waals surface area contributed by atoms with Gasteiger partial charge in [-0.1, -0.05) is 89.2 Å². The molecule has 182 valence electrons. The fourth-order valence-corrected chi connectivity index (χ4v) is 4.41. The van der Waals surface area contributed by atoms with Crippen molar-refractivity contribution in [3.8, 4) is 0 Å². The molecule has 0 aliphatic heterocycles. The van der Waals surface area contributed by atoms with E-state index < -0.39 is 15.9 Å². The maximum atomic E-state index is 12.4. The first-order chi connectivity index (χ1) is 15.3. The summed E-state index contributed by atoms with van der Waals surface area (Å²) in [5.74, 6) is -0.454. The molecule has 32 heavy (non-hydrogen) atoms. The molecule has 1 rings (SSSR count). The monoisotopic (exact) mass is 466 g/mol. The number of rotatable bonds is 18. The van der Waals surface area contributed by atoms with E-state index in [-0.39, 0.29) is 11.3 Å². The van der Waals surface area contributed by atoms with Crippen molar-refractivity contribution in [3.63, 3.8) is 0 Å². The summed E-state index contributed by atoms with van der Waals surface area (Å²) < 4.78 is 26.9. The summed E-state index contributed by atoms with van der Waals surface area (Å²) in [4.78, 5) is 12.1. The molecular weight excluding hydrogens is 424 g/mol. The number of hydrogen-bond acceptors (Lipinski definition) is 5. The predicted molar refractivity (Wildman–Crippen MR) is 130 cm³/mol. The summed E-state index contributed by atoms with van der Waals surface area (Å²) in [6, 6.07) is 5.95. The van der Waals surface area contributed by atoms with Crippen molar-refractivity contribution in [1.82, 2.24) is 9.73 Å². The second kappa shape index (κ2) is 16.6. The van der Waals surface area contributed by atoms with E-state index in [2.05, 4.69) is 22.0 Å². The van der Waals surface area contributed by atoms with Crippen molar-refractivity contribution in [2.75, 3.05) is 14.1 Å². The van der Waals surface area contributed by atoms with Gasteiger partial charge in [0.2, 0.25) is 5.91 Å². The van der Waals surface area contributed by atoms with Crippen LogP contribution in [0.1, 0.15) is 96.8 Å². The Labute approximate surface area is 195 Å². The number of amides is 1. The molecule has 0 aliphatic carbocycles. The van der Waals surface area contributed by atoms with Gasteiger partial charge in [0.1, 0.15) is 0 Å². The Hall–Kier alpha value is -1.96. The second-order valence-electron chi connectivity index (χ2n) is 8.55. The van der Waals surface area contributed by atoms with Gasteiger partial charge in [-0.3, -0.25) is 9.80 Å². The van der Waals surface area contributed by atoms with Gasteiger partial charge in [-0.25, -0.2) is 13.1 Å². The molecule has 0 saturated heterocycles. The van der Waals surface area contributed by atoms with E-state index in [4.69, 9.17) is 0 Å². The minimum Gasteiger partial charge on any atom is -0.285 e. The molecule has 1 aromatic rings. The number of carbonyl (C=O) groups is 1.